The molecule has 5 nitrogen and oxygen atoms in total. The second kappa shape index (κ2) is 8.02. The van der Waals surface area contributed by atoms with Crippen molar-refractivity contribution in [2.45, 2.75) is 6.92 Å². The molecule has 2 aromatic heterocycles. The first kappa shape index (κ1) is 17.9. The van der Waals surface area contributed by atoms with Crippen molar-refractivity contribution in [2.24, 2.45) is 0 Å². The Kier molecular flexibility index (Phi) is 5.12. The van der Waals surface area contributed by atoms with Gasteiger partial charge in [0.25, 0.3) is 0 Å². The number of benzene rings is 2. The summed E-state index contributed by atoms with van der Waals surface area (Å²) in [6, 6.07) is 20.3. The van der Waals surface area contributed by atoms with Crippen molar-refractivity contribution in [3.05, 3.63) is 89.4 Å². The van der Waals surface area contributed by atoms with Crippen LogP contribution < -0.4 is 10.1 Å². The molecular formula is C22H17N3O2S. The van der Waals surface area contributed by atoms with E-state index in [-0.39, 0.29) is 5.97 Å². The van der Waals surface area contributed by atoms with Crippen LogP contribution in [0.3, 0.4) is 0 Å². The summed E-state index contributed by atoms with van der Waals surface area (Å²) in [5.41, 5.74) is 3.87. The van der Waals surface area contributed by atoms with Gasteiger partial charge in [0, 0.05) is 23.3 Å². The van der Waals surface area contributed by atoms with E-state index >= 15 is 0 Å². The molecule has 0 spiro atoms. The number of rotatable bonds is 5. The van der Waals surface area contributed by atoms with Crippen molar-refractivity contribution >= 4 is 28.1 Å². The van der Waals surface area contributed by atoms with E-state index in [1.54, 1.807) is 24.4 Å². The summed E-state index contributed by atoms with van der Waals surface area (Å²) >= 11 is 1.49. The summed E-state index contributed by atoms with van der Waals surface area (Å²) < 4.78 is 5.53. The standard InChI is InChI=1S/C22H17N3O2S/c1-15-7-2-3-10-18(15)21(26)27-17-9-6-8-16(13-17)24-22-25-20(14-28-22)19-11-4-5-12-23-19/h2-14H,1H3,(H,24,25). The predicted octanol–water partition coefficient (Wildman–Crippen LogP) is 5.48. The molecule has 4 aromatic rings. The van der Waals surface area contributed by atoms with Crippen LogP contribution in [0.15, 0.2) is 78.3 Å². The monoisotopic (exact) mass is 387 g/mol. The van der Waals surface area contributed by atoms with E-state index in [9.17, 15) is 4.79 Å². The van der Waals surface area contributed by atoms with Crippen molar-refractivity contribution in [3.8, 4) is 17.1 Å². The fraction of sp³-hybridized carbons (Fsp3) is 0.0455. The lowest BCUT2D eigenvalue weighted by molar-refractivity contribution is 0.0734. The number of hydrogen-bond acceptors (Lipinski definition) is 6. The molecule has 1 N–H and O–H groups in total. The van der Waals surface area contributed by atoms with E-state index in [1.165, 1.54) is 11.3 Å². The third-order valence-corrected chi connectivity index (χ3v) is 4.85. The molecule has 0 saturated heterocycles. The summed E-state index contributed by atoms with van der Waals surface area (Å²) in [5.74, 6) is 0.0988. The van der Waals surface area contributed by atoms with Crippen LogP contribution in [0.5, 0.6) is 5.75 Å². The molecule has 0 bridgehead atoms. The molecule has 0 atom stereocenters. The number of pyridine rings is 1. The number of thiazole rings is 1. The van der Waals surface area contributed by atoms with Crippen LogP contribution in [0.1, 0.15) is 15.9 Å². The first-order valence-electron chi connectivity index (χ1n) is 8.71. The van der Waals surface area contributed by atoms with Gasteiger partial charge in [0.15, 0.2) is 5.13 Å². The van der Waals surface area contributed by atoms with Crippen molar-refractivity contribution in [2.75, 3.05) is 5.32 Å². The first-order valence-corrected chi connectivity index (χ1v) is 9.59. The Morgan fingerprint density at radius 1 is 1.00 bits per heavy atom. The number of nitrogens with zero attached hydrogens (tertiary/aromatic N) is 2. The lowest BCUT2D eigenvalue weighted by Crippen LogP contribution is -2.10. The van der Waals surface area contributed by atoms with Crippen LogP contribution in [-0.2, 0) is 0 Å². The van der Waals surface area contributed by atoms with Gasteiger partial charge >= 0.3 is 5.97 Å². The maximum absolute atomic E-state index is 12.4. The molecule has 0 aliphatic heterocycles. The van der Waals surface area contributed by atoms with Crippen molar-refractivity contribution in [1.29, 1.82) is 0 Å². The zero-order valence-corrected chi connectivity index (χ0v) is 15.9. The van der Waals surface area contributed by atoms with Crippen LogP contribution in [0.2, 0.25) is 0 Å². The molecule has 0 aliphatic rings. The summed E-state index contributed by atoms with van der Waals surface area (Å²) in [7, 11) is 0. The molecule has 2 heterocycles. The molecule has 0 aliphatic carbocycles. The van der Waals surface area contributed by atoms with E-state index in [4.69, 9.17) is 4.74 Å². The fourth-order valence-electron chi connectivity index (χ4n) is 2.69. The maximum atomic E-state index is 12.4. The summed E-state index contributed by atoms with van der Waals surface area (Å²) in [5, 5.41) is 5.94. The van der Waals surface area contributed by atoms with Crippen molar-refractivity contribution in [3.63, 3.8) is 0 Å². The van der Waals surface area contributed by atoms with Crippen LogP contribution >= 0.6 is 11.3 Å². The number of nitrogens with one attached hydrogen (secondary N) is 1. The SMILES string of the molecule is Cc1ccccc1C(=O)Oc1cccc(Nc2nc(-c3ccccn3)cs2)c1. The Morgan fingerprint density at radius 3 is 2.68 bits per heavy atom. The van der Waals surface area contributed by atoms with Crippen LogP contribution in [0, 0.1) is 6.92 Å². The van der Waals surface area contributed by atoms with Gasteiger partial charge in [-0.3, -0.25) is 4.98 Å². The topological polar surface area (TPSA) is 64.1 Å². The largest absolute Gasteiger partial charge is 0.423 e. The highest BCUT2D eigenvalue weighted by molar-refractivity contribution is 7.14. The Hall–Kier alpha value is -3.51. The van der Waals surface area contributed by atoms with Gasteiger partial charge in [0.1, 0.15) is 11.4 Å². The molecule has 0 amide bonds. The second-order valence-corrected chi connectivity index (χ2v) is 6.97. The van der Waals surface area contributed by atoms with Gasteiger partial charge in [-0.15, -0.1) is 11.3 Å². The third kappa shape index (κ3) is 4.07. The Labute approximate surface area is 166 Å². The van der Waals surface area contributed by atoms with E-state index < -0.39 is 0 Å². The summed E-state index contributed by atoms with van der Waals surface area (Å²) in [6.07, 6.45) is 1.74. The minimum atomic E-state index is -0.373. The molecular weight excluding hydrogens is 370 g/mol. The lowest BCUT2D eigenvalue weighted by Gasteiger charge is -2.08. The molecule has 0 saturated carbocycles. The lowest BCUT2D eigenvalue weighted by atomic mass is 10.1. The van der Waals surface area contributed by atoms with Gasteiger partial charge < -0.3 is 10.1 Å². The van der Waals surface area contributed by atoms with Gasteiger partial charge in [-0.1, -0.05) is 30.3 Å². The highest BCUT2D eigenvalue weighted by Gasteiger charge is 2.12. The molecule has 0 fully saturated rings. The normalized spacial score (nSPS) is 10.5. The maximum Gasteiger partial charge on any atom is 0.343 e. The number of aromatic nitrogens is 2. The van der Waals surface area contributed by atoms with Gasteiger partial charge in [-0.25, -0.2) is 9.78 Å². The molecule has 0 radical (unpaired) electrons. The highest BCUT2D eigenvalue weighted by Crippen LogP contribution is 2.27. The average Bonchev–Trinajstić information content (AvgIpc) is 3.18. The molecule has 138 valence electrons. The summed E-state index contributed by atoms with van der Waals surface area (Å²) in [6.45, 7) is 1.89. The zero-order chi connectivity index (χ0) is 19.3. The number of carbonyl (C=O) groups is 1. The van der Waals surface area contributed by atoms with Crippen molar-refractivity contribution in [1.82, 2.24) is 9.97 Å². The Balaban J connectivity index is 1.48. The van der Waals surface area contributed by atoms with Crippen molar-refractivity contribution < 1.29 is 9.53 Å². The summed E-state index contributed by atoms with van der Waals surface area (Å²) in [4.78, 5) is 21.3. The number of carbonyl (C=O) groups excluding carboxylic acids is 1. The van der Waals surface area contributed by atoms with Crippen LogP contribution in [0.4, 0.5) is 10.8 Å². The van der Waals surface area contributed by atoms with Gasteiger partial charge in [0.05, 0.1) is 11.3 Å². The molecule has 0 unspecified atom stereocenters. The van der Waals surface area contributed by atoms with E-state index in [2.05, 4.69) is 15.3 Å². The molecule has 28 heavy (non-hydrogen) atoms. The quantitative estimate of drug-likeness (QED) is 0.363. The fourth-order valence-corrected chi connectivity index (χ4v) is 3.41. The minimum Gasteiger partial charge on any atom is -0.423 e. The smallest absolute Gasteiger partial charge is 0.343 e. The highest BCUT2D eigenvalue weighted by atomic mass is 32.1. The van der Waals surface area contributed by atoms with Gasteiger partial charge in [-0.2, -0.15) is 0 Å². The van der Waals surface area contributed by atoms with E-state index in [0.29, 0.717) is 11.3 Å². The molecule has 6 heteroatoms. The number of aryl methyl sites for hydroxylation is 1. The number of esters is 1. The predicted molar refractivity (Wildman–Crippen MR) is 111 cm³/mol. The number of hydrogen-bond donors (Lipinski definition) is 1. The van der Waals surface area contributed by atoms with E-state index in [1.807, 2.05) is 60.8 Å². The Morgan fingerprint density at radius 2 is 1.86 bits per heavy atom. The van der Waals surface area contributed by atoms with Gasteiger partial charge in [-0.05, 0) is 42.8 Å². The third-order valence-electron chi connectivity index (χ3n) is 4.09. The van der Waals surface area contributed by atoms with E-state index in [0.717, 1.165) is 27.8 Å². The molecule has 4 rings (SSSR count). The molecule has 2 aromatic carbocycles. The Bertz CT molecular complexity index is 1110. The first-order chi connectivity index (χ1) is 13.7. The minimum absolute atomic E-state index is 0.373. The number of ether oxygens (including phenoxy) is 1. The van der Waals surface area contributed by atoms with Crippen LogP contribution in [-0.4, -0.2) is 15.9 Å². The average molecular weight is 387 g/mol. The zero-order valence-electron chi connectivity index (χ0n) is 15.1. The van der Waals surface area contributed by atoms with Gasteiger partial charge in [0.2, 0.25) is 0 Å². The number of anilines is 2. The van der Waals surface area contributed by atoms with Crippen LogP contribution in [0.25, 0.3) is 11.4 Å². The second-order valence-electron chi connectivity index (χ2n) is 6.11.